The molecule has 1 saturated carbocycles. The molecular formula is C26H27FN2O4. The van der Waals surface area contributed by atoms with Crippen LogP contribution in [0.5, 0.6) is 5.75 Å². The number of hydrogen-bond donors (Lipinski definition) is 1. The number of Topliss-reactive ketones (excluding diaryl/α,β-unsaturated/α-hetero) is 1. The normalized spacial score (nSPS) is 26.9. The van der Waals surface area contributed by atoms with Crippen molar-refractivity contribution in [3.63, 3.8) is 0 Å². The Hall–Kier alpha value is -3.22. The van der Waals surface area contributed by atoms with E-state index in [0.29, 0.717) is 48.2 Å². The molecule has 2 heterocycles. The predicted molar refractivity (Wildman–Crippen MR) is 120 cm³/mol. The van der Waals surface area contributed by atoms with E-state index in [9.17, 15) is 18.8 Å². The number of carbonyl (C=O) groups is 3. The lowest BCUT2D eigenvalue weighted by Gasteiger charge is -2.18. The van der Waals surface area contributed by atoms with Gasteiger partial charge in [-0.05, 0) is 35.4 Å². The van der Waals surface area contributed by atoms with E-state index in [-0.39, 0.29) is 29.1 Å². The zero-order valence-corrected chi connectivity index (χ0v) is 18.7. The van der Waals surface area contributed by atoms with Gasteiger partial charge < -0.3 is 15.0 Å². The van der Waals surface area contributed by atoms with Crippen LogP contribution >= 0.6 is 0 Å². The molecule has 0 spiro atoms. The third-order valence-corrected chi connectivity index (χ3v) is 7.44. The van der Waals surface area contributed by atoms with Crippen molar-refractivity contribution >= 4 is 17.6 Å². The Labute approximate surface area is 192 Å². The lowest BCUT2D eigenvalue weighted by molar-refractivity contribution is -0.128. The standard InChI is InChI=1S/C26H27FN2O4/c1-14(30)29-12-20-17(21(20)13-29)10-22(31)16-8-18-24(15-6-4-3-5-7-15)23(11-27)33-25(18)19(9-16)26(32)28-2/h3-9,17,20-21,23-24H,10-13H2,1-2H3,(H,28,32)/t17?,20-,21+,23-,24+/m0/s1. The second kappa shape index (κ2) is 8.28. The number of likely N-dealkylation sites (tertiary alicyclic amines) is 1. The molecule has 172 valence electrons. The monoisotopic (exact) mass is 450 g/mol. The van der Waals surface area contributed by atoms with Gasteiger partial charge in [-0.25, -0.2) is 4.39 Å². The minimum absolute atomic E-state index is 0.0350. The lowest BCUT2D eigenvalue weighted by atomic mass is 9.86. The number of piperidine rings is 1. The summed E-state index contributed by atoms with van der Waals surface area (Å²) in [5, 5.41) is 2.60. The van der Waals surface area contributed by atoms with Crippen molar-refractivity contribution < 1.29 is 23.5 Å². The number of ketones is 1. The van der Waals surface area contributed by atoms with Gasteiger partial charge in [-0.3, -0.25) is 14.4 Å². The molecule has 7 heteroatoms. The predicted octanol–water partition coefficient (Wildman–Crippen LogP) is 3.21. The summed E-state index contributed by atoms with van der Waals surface area (Å²) in [5.41, 5.74) is 2.26. The summed E-state index contributed by atoms with van der Waals surface area (Å²) < 4.78 is 19.9. The summed E-state index contributed by atoms with van der Waals surface area (Å²) in [7, 11) is 1.52. The Bertz CT molecular complexity index is 1110. The fourth-order valence-corrected chi connectivity index (χ4v) is 5.61. The summed E-state index contributed by atoms with van der Waals surface area (Å²) in [5.74, 6) is 0.651. The second-order valence-corrected chi connectivity index (χ2v) is 9.26. The molecule has 2 amide bonds. The first-order valence-corrected chi connectivity index (χ1v) is 11.4. The van der Waals surface area contributed by atoms with Crippen LogP contribution in [0, 0.1) is 17.8 Å². The van der Waals surface area contributed by atoms with Crippen LogP contribution in [-0.4, -0.2) is 55.4 Å². The number of benzene rings is 2. The highest BCUT2D eigenvalue weighted by molar-refractivity contribution is 6.03. The number of ether oxygens (including phenoxy) is 1. The van der Waals surface area contributed by atoms with Gasteiger partial charge in [-0.2, -0.15) is 0 Å². The van der Waals surface area contributed by atoms with Crippen molar-refractivity contribution in [1.82, 2.24) is 10.2 Å². The van der Waals surface area contributed by atoms with Crippen LogP contribution in [-0.2, 0) is 4.79 Å². The molecule has 1 aliphatic carbocycles. The number of amides is 2. The van der Waals surface area contributed by atoms with Crippen LogP contribution in [0.25, 0.3) is 0 Å². The quantitative estimate of drug-likeness (QED) is 0.686. The maximum absolute atomic E-state index is 14.0. The molecule has 33 heavy (non-hydrogen) atoms. The third-order valence-electron chi connectivity index (χ3n) is 7.44. The van der Waals surface area contributed by atoms with Crippen molar-refractivity contribution in [2.75, 3.05) is 26.8 Å². The van der Waals surface area contributed by atoms with E-state index >= 15 is 0 Å². The minimum atomic E-state index is -0.753. The second-order valence-electron chi connectivity index (χ2n) is 9.26. The Morgan fingerprint density at radius 3 is 2.42 bits per heavy atom. The van der Waals surface area contributed by atoms with Gasteiger partial charge in [0.25, 0.3) is 5.91 Å². The van der Waals surface area contributed by atoms with E-state index in [1.165, 1.54) is 7.05 Å². The summed E-state index contributed by atoms with van der Waals surface area (Å²) in [6.45, 7) is 2.30. The van der Waals surface area contributed by atoms with Crippen molar-refractivity contribution in [3.05, 3.63) is 64.7 Å². The molecule has 0 aromatic heterocycles. The van der Waals surface area contributed by atoms with Crippen LogP contribution in [0.4, 0.5) is 4.39 Å². The molecule has 5 rings (SSSR count). The SMILES string of the molecule is CNC(=O)c1cc(C(=O)CC2[C@H]3CN(C(C)=O)C[C@@H]23)cc2c1O[C@@H](CF)[C@@H]2c1ccccc1. The summed E-state index contributed by atoms with van der Waals surface area (Å²) in [6, 6.07) is 12.8. The van der Waals surface area contributed by atoms with Gasteiger partial charge in [0.1, 0.15) is 18.5 Å². The van der Waals surface area contributed by atoms with E-state index in [0.717, 1.165) is 5.56 Å². The summed E-state index contributed by atoms with van der Waals surface area (Å²) in [4.78, 5) is 39.3. The molecule has 2 fully saturated rings. The smallest absolute Gasteiger partial charge is 0.254 e. The average Bonchev–Trinajstić information content (AvgIpc) is 3.18. The molecule has 3 aliphatic rings. The van der Waals surface area contributed by atoms with Gasteiger partial charge in [0.15, 0.2) is 5.78 Å². The van der Waals surface area contributed by atoms with Gasteiger partial charge >= 0.3 is 0 Å². The topological polar surface area (TPSA) is 75.7 Å². The fraction of sp³-hybridized carbons (Fsp3) is 0.423. The number of nitrogens with one attached hydrogen (secondary N) is 1. The number of nitrogens with zero attached hydrogens (tertiary/aromatic N) is 1. The molecule has 2 aromatic rings. The Morgan fingerprint density at radius 1 is 1.12 bits per heavy atom. The highest BCUT2D eigenvalue weighted by Gasteiger charge is 2.56. The minimum Gasteiger partial charge on any atom is -0.486 e. The zero-order valence-electron chi connectivity index (χ0n) is 18.7. The van der Waals surface area contributed by atoms with E-state index < -0.39 is 18.7 Å². The number of hydrogen-bond acceptors (Lipinski definition) is 4. The highest BCUT2D eigenvalue weighted by Crippen LogP contribution is 2.54. The average molecular weight is 451 g/mol. The van der Waals surface area contributed by atoms with E-state index in [4.69, 9.17) is 4.74 Å². The molecule has 0 bridgehead atoms. The van der Waals surface area contributed by atoms with Crippen LogP contribution in [0.1, 0.15) is 51.1 Å². The van der Waals surface area contributed by atoms with Gasteiger partial charge in [0, 0.05) is 44.6 Å². The maximum atomic E-state index is 14.0. The Kier molecular flexibility index (Phi) is 5.43. The van der Waals surface area contributed by atoms with Crippen molar-refractivity contribution in [3.8, 4) is 5.75 Å². The fourth-order valence-electron chi connectivity index (χ4n) is 5.61. The molecule has 1 N–H and O–H groups in total. The number of carbonyl (C=O) groups excluding carboxylic acids is 3. The van der Waals surface area contributed by atoms with E-state index in [1.807, 2.05) is 35.2 Å². The Balaban J connectivity index is 1.46. The number of rotatable bonds is 6. The highest BCUT2D eigenvalue weighted by atomic mass is 19.1. The Morgan fingerprint density at radius 2 is 1.82 bits per heavy atom. The van der Waals surface area contributed by atoms with Gasteiger partial charge in [-0.1, -0.05) is 30.3 Å². The van der Waals surface area contributed by atoms with E-state index in [2.05, 4.69) is 5.32 Å². The van der Waals surface area contributed by atoms with Crippen molar-refractivity contribution in [1.29, 1.82) is 0 Å². The van der Waals surface area contributed by atoms with Gasteiger partial charge in [0.2, 0.25) is 5.91 Å². The maximum Gasteiger partial charge on any atom is 0.254 e. The molecule has 5 atom stereocenters. The molecule has 1 unspecified atom stereocenters. The van der Waals surface area contributed by atoms with Crippen LogP contribution in [0.3, 0.4) is 0 Å². The molecular weight excluding hydrogens is 423 g/mol. The van der Waals surface area contributed by atoms with Crippen LogP contribution in [0.15, 0.2) is 42.5 Å². The van der Waals surface area contributed by atoms with Crippen molar-refractivity contribution in [2.24, 2.45) is 17.8 Å². The number of alkyl halides is 1. The van der Waals surface area contributed by atoms with Gasteiger partial charge in [0.05, 0.1) is 11.5 Å². The van der Waals surface area contributed by atoms with Crippen molar-refractivity contribution in [2.45, 2.75) is 25.4 Å². The molecule has 2 aromatic carbocycles. The lowest BCUT2D eigenvalue weighted by Crippen LogP contribution is -2.29. The molecule has 1 saturated heterocycles. The molecule has 6 nitrogen and oxygen atoms in total. The number of halogens is 1. The van der Waals surface area contributed by atoms with E-state index in [1.54, 1.807) is 19.1 Å². The first kappa shape index (κ1) is 21.6. The van der Waals surface area contributed by atoms with Crippen LogP contribution < -0.4 is 10.1 Å². The molecule has 0 radical (unpaired) electrons. The molecule has 2 aliphatic heterocycles. The number of fused-ring (bicyclic) bond motifs is 2. The first-order valence-electron chi connectivity index (χ1n) is 11.4. The summed E-state index contributed by atoms with van der Waals surface area (Å²) in [6.07, 6.45) is -0.368. The largest absolute Gasteiger partial charge is 0.486 e. The van der Waals surface area contributed by atoms with Gasteiger partial charge in [-0.15, -0.1) is 0 Å². The first-order chi connectivity index (χ1) is 15.9. The summed E-state index contributed by atoms with van der Waals surface area (Å²) >= 11 is 0. The zero-order chi connectivity index (χ0) is 23.3. The third kappa shape index (κ3) is 3.69. The van der Waals surface area contributed by atoms with Crippen LogP contribution in [0.2, 0.25) is 0 Å².